The van der Waals surface area contributed by atoms with E-state index in [4.69, 9.17) is 83.6 Å². The predicted molar refractivity (Wildman–Crippen MR) is 368 cm³/mol. The van der Waals surface area contributed by atoms with Gasteiger partial charge in [-0.3, -0.25) is 0 Å². The molecule has 558 valence electrons. The van der Waals surface area contributed by atoms with Gasteiger partial charge in [-0.05, 0) is 29.1 Å². The minimum absolute atomic E-state index is 0. The molecule has 0 saturated heterocycles. The predicted octanol–water partition coefficient (Wildman–Crippen LogP) is 18.6. The zero-order chi connectivity index (χ0) is 71.5. The number of benzene rings is 4. The Morgan fingerprint density at radius 3 is 0.608 bits per heavy atom. The maximum atomic E-state index is 9.75. The summed E-state index contributed by atoms with van der Waals surface area (Å²) in [5.74, 6) is 0. The SMILES string of the molecule is ClCCl.ClCCl.F[B-](F)(F)F.[C-]#[O+].[C-]#[O+].[C-]#[O+].[C-]#[O+].[C-]#[O+].[C-]#[O+].[C-]#[O+].[C-]#[O+].[Cu+].[Fe].[Fe].[Fe].[Fe].[Fe].[Fe].[Fe].[Fe].c1cc[cH-]c1.c1cc[cH-]c1.c1cc[cH-]c1.c1cc[cH-]c1.c1cc[cH-]c1.c1cc[cH-]c1.c1ccc(P(c2ccccc2)[c-]2cccc2)cc1.c1ccc(P(c2ccccc2)c2ccc[cH-]2)cc1. The first kappa shape index (κ1) is 137. The molecule has 0 amide bonds. The zero-order valence-electron chi connectivity index (χ0n) is 52.8. The van der Waals surface area contributed by atoms with Crippen LogP contribution in [-0.2, 0) is 191 Å². The molecule has 0 spiro atoms. The van der Waals surface area contributed by atoms with Gasteiger partial charge in [0, 0.05) is 137 Å². The quantitative estimate of drug-likeness (QED) is 0.0388. The molecule has 0 radical (unpaired) electrons. The number of alkyl halides is 4. The van der Waals surface area contributed by atoms with Crippen LogP contribution in [0.2, 0.25) is 0 Å². The molecule has 0 saturated carbocycles. The summed E-state index contributed by atoms with van der Waals surface area (Å²) in [5, 5.41) is 8.86. The van der Waals surface area contributed by atoms with Gasteiger partial charge in [-0.15, -0.1) is 57.0 Å². The van der Waals surface area contributed by atoms with Gasteiger partial charge in [-0.25, -0.2) is 97.1 Å². The van der Waals surface area contributed by atoms with Gasteiger partial charge in [0.1, 0.15) is 0 Å². The summed E-state index contributed by atoms with van der Waals surface area (Å²) in [5.41, 5.74) is 0. The van der Waals surface area contributed by atoms with Crippen LogP contribution in [0.4, 0.5) is 17.3 Å². The van der Waals surface area contributed by atoms with Gasteiger partial charge in [0.2, 0.25) is 0 Å². The second kappa shape index (κ2) is 121. The Balaban J connectivity index is -0.0000000582. The van der Waals surface area contributed by atoms with E-state index in [0.717, 1.165) is 0 Å². The van der Waals surface area contributed by atoms with Crippen molar-refractivity contribution in [1.82, 2.24) is 0 Å². The third kappa shape index (κ3) is 94.1. The van der Waals surface area contributed by atoms with E-state index in [1.807, 2.05) is 182 Å². The van der Waals surface area contributed by atoms with E-state index in [-0.39, 0.29) is 164 Å². The molecule has 12 aromatic rings. The largest absolute Gasteiger partial charge is 1.00 e. The molecule has 0 heterocycles. The van der Waals surface area contributed by atoms with E-state index >= 15 is 0 Å². The molecule has 0 N–H and O–H groups in total. The molecular formula is C74H62BCl4CuF4Fe8O8P2-8. The number of hydrogen-bond donors (Lipinski definition) is 0. The van der Waals surface area contributed by atoms with E-state index in [1.54, 1.807) is 0 Å². The van der Waals surface area contributed by atoms with Crippen LogP contribution < -0.4 is 31.8 Å². The first-order valence-corrected chi connectivity index (χ1v) is 30.5. The zero-order valence-corrected chi connectivity index (χ0v) is 67.4. The Labute approximate surface area is 717 Å². The van der Waals surface area contributed by atoms with E-state index in [2.05, 4.69) is 223 Å². The van der Waals surface area contributed by atoms with Crippen LogP contribution in [0.5, 0.6) is 0 Å². The number of halogens is 8. The molecule has 0 aliphatic rings. The Bertz CT molecular complexity index is 2720. The van der Waals surface area contributed by atoms with Crippen molar-refractivity contribution in [3.8, 4) is 0 Å². The maximum absolute atomic E-state index is 9.75. The summed E-state index contributed by atoms with van der Waals surface area (Å²) >= 11 is 19.1. The topological polar surface area (TPSA) is 159 Å². The van der Waals surface area contributed by atoms with Crippen molar-refractivity contribution in [3.05, 3.63) is 405 Å². The molecule has 0 fully saturated rings. The number of hydrogen-bond acceptors (Lipinski definition) is 0. The summed E-state index contributed by atoms with van der Waals surface area (Å²) in [4.78, 5) is 0. The molecule has 0 aliphatic heterocycles. The first-order chi connectivity index (χ1) is 45.7. The van der Waals surface area contributed by atoms with Crippen LogP contribution >= 0.6 is 62.2 Å². The van der Waals surface area contributed by atoms with Crippen molar-refractivity contribution < 1.29 is 208 Å². The van der Waals surface area contributed by atoms with Crippen LogP contribution in [0.1, 0.15) is 0 Å². The van der Waals surface area contributed by atoms with Crippen molar-refractivity contribution in [2.45, 2.75) is 0 Å². The van der Waals surface area contributed by atoms with Gasteiger partial charge in [0.25, 0.3) is 0 Å². The molecule has 12 aromatic carbocycles. The molecule has 12 rings (SSSR count). The summed E-state index contributed by atoms with van der Waals surface area (Å²) in [6, 6.07) is 120. The van der Waals surface area contributed by atoms with E-state index < -0.39 is 23.1 Å². The minimum Gasteiger partial charge on any atom is -0.214 e. The molecular weight excluding hydrogens is 1820 g/mol. The maximum Gasteiger partial charge on any atom is 1.00 e. The average molecular weight is 1880 g/mol. The fourth-order valence-corrected chi connectivity index (χ4v) is 10.8. The fraction of sp³-hybridized carbons (Fsp3) is 0.0270. The average Bonchev–Trinajstić information content (AvgIpc) is 1.46. The van der Waals surface area contributed by atoms with Gasteiger partial charge in [0.05, 0.1) is 10.7 Å². The number of rotatable bonds is 6. The normalized spacial score (nSPS) is 7.24. The first-order valence-electron chi connectivity index (χ1n) is 25.7. The Kier molecular flexibility index (Phi) is 163. The Morgan fingerprint density at radius 2 is 0.461 bits per heavy atom. The third-order valence-corrected chi connectivity index (χ3v) is 14.1. The summed E-state index contributed by atoms with van der Waals surface area (Å²) in [7, 11) is -6.82. The van der Waals surface area contributed by atoms with Crippen molar-refractivity contribution >= 4 is 101 Å². The Hall–Kier alpha value is -3.92. The molecule has 28 heteroatoms. The third-order valence-electron chi connectivity index (χ3n) is 9.20. The van der Waals surface area contributed by atoms with Crippen molar-refractivity contribution in [2.75, 3.05) is 10.7 Å². The summed E-state index contributed by atoms with van der Waals surface area (Å²) in [6.07, 6.45) is 0. The van der Waals surface area contributed by atoms with Gasteiger partial charge in [-0.2, -0.15) is 133 Å². The monoisotopic (exact) mass is 1880 g/mol. The summed E-state index contributed by atoms with van der Waals surface area (Å²) in [6.45, 7) is 36.0. The second-order valence-electron chi connectivity index (χ2n) is 14.8. The van der Waals surface area contributed by atoms with Gasteiger partial charge < -0.3 is 17.3 Å². The molecule has 102 heavy (non-hydrogen) atoms. The van der Waals surface area contributed by atoms with Crippen LogP contribution in [0.3, 0.4) is 0 Å². The summed E-state index contributed by atoms with van der Waals surface area (Å²) < 4.78 is 99.0. The van der Waals surface area contributed by atoms with Crippen molar-refractivity contribution in [1.29, 1.82) is 0 Å². The molecule has 0 bridgehead atoms. The second-order valence-corrected chi connectivity index (χ2v) is 20.8. The standard InChI is InChI=1S/2C17H14P.6C5H5.2CH2Cl2.8CO.BF4.Cu.8Fe/c2*1-3-9-15(10-4-1)18(17-13-7-8-14-17)16-11-5-2-6-12-16;6*1-2-4-5-3-1;2*2-1-3;8*1-2;2-1(3,4)5;;;;;;;;;/h2*1-14H;6*1-5H;2*1H2;;;;;;;;;;;;;;;;;;/q8*-1;;;;;;;;;;;-1;+1;;;;;;;;. The van der Waals surface area contributed by atoms with Crippen LogP contribution in [0.25, 0.3) is 0 Å². The molecule has 8 nitrogen and oxygen atoms in total. The van der Waals surface area contributed by atoms with Crippen LogP contribution in [0, 0.1) is 53.2 Å². The molecule has 0 atom stereocenters. The Morgan fingerprint density at radius 1 is 0.284 bits per heavy atom. The van der Waals surface area contributed by atoms with Gasteiger partial charge >= 0.3 is 115 Å². The van der Waals surface area contributed by atoms with Gasteiger partial charge in [0.15, 0.2) is 0 Å². The fourth-order valence-electron chi connectivity index (χ4n) is 6.15. The van der Waals surface area contributed by atoms with Crippen LogP contribution in [0.15, 0.2) is 352 Å². The molecule has 0 aliphatic carbocycles. The van der Waals surface area contributed by atoms with E-state index in [9.17, 15) is 17.3 Å². The van der Waals surface area contributed by atoms with Gasteiger partial charge in [-0.1, -0.05) is 129 Å². The van der Waals surface area contributed by atoms with Crippen molar-refractivity contribution in [3.63, 3.8) is 0 Å². The minimum atomic E-state index is -6.00. The molecule has 0 aromatic heterocycles. The van der Waals surface area contributed by atoms with E-state index in [1.165, 1.54) is 31.8 Å². The van der Waals surface area contributed by atoms with Crippen LogP contribution in [-0.4, -0.2) is 17.9 Å². The van der Waals surface area contributed by atoms with Crippen molar-refractivity contribution in [2.24, 2.45) is 0 Å². The van der Waals surface area contributed by atoms with E-state index in [0.29, 0.717) is 0 Å². The smallest absolute Gasteiger partial charge is 0.214 e. The molecule has 0 unspecified atom stereocenters.